The maximum Gasteiger partial charge on any atom is 0.243 e. The zero-order valence-electron chi connectivity index (χ0n) is 11.4. The van der Waals surface area contributed by atoms with Crippen molar-refractivity contribution in [3.63, 3.8) is 0 Å². The summed E-state index contributed by atoms with van der Waals surface area (Å²) in [5.41, 5.74) is 0. The second-order valence-corrected chi connectivity index (χ2v) is 6.59. The van der Waals surface area contributed by atoms with Gasteiger partial charge in [0, 0.05) is 12.1 Å². The summed E-state index contributed by atoms with van der Waals surface area (Å²) in [6.45, 7) is 4.58. The van der Waals surface area contributed by atoms with E-state index in [0.717, 1.165) is 0 Å². The first-order valence-corrected chi connectivity index (χ1v) is 7.66. The van der Waals surface area contributed by atoms with E-state index in [1.165, 1.54) is 4.31 Å². The molecule has 5 nitrogen and oxygen atoms in total. The molecule has 0 bridgehead atoms. The molecular formula is C13H19NO4S. The maximum absolute atomic E-state index is 12.6. The monoisotopic (exact) mass is 285 g/mol. The summed E-state index contributed by atoms with van der Waals surface area (Å²) in [5, 5.41) is 0. The molecule has 1 heterocycles. The van der Waals surface area contributed by atoms with Crippen LogP contribution in [-0.2, 0) is 14.8 Å². The predicted octanol–water partition coefficient (Wildman–Crippen LogP) is 1.49. The van der Waals surface area contributed by atoms with Crippen molar-refractivity contribution in [3.8, 4) is 5.75 Å². The lowest BCUT2D eigenvalue weighted by atomic mass is 10.2. The summed E-state index contributed by atoms with van der Waals surface area (Å²) in [4.78, 5) is 0.286. The molecule has 2 unspecified atom stereocenters. The molecule has 1 fully saturated rings. The quantitative estimate of drug-likeness (QED) is 0.844. The van der Waals surface area contributed by atoms with Crippen LogP contribution in [0.25, 0.3) is 0 Å². The van der Waals surface area contributed by atoms with Crippen molar-refractivity contribution in [2.75, 3.05) is 20.3 Å². The van der Waals surface area contributed by atoms with Gasteiger partial charge in [0.05, 0.1) is 25.2 Å². The number of ether oxygens (including phenoxy) is 2. The molecule has 0 saturated carbocycles. The van der Waals surface area contributed by atoms with Gasteiger partial charge < -0.3 is 9.47 Å². The molecule has 1 aromatic rings. The second kappa shape index (κ2) is 5.48. The van der Waals surface area contributed by atoms with Crippen LogP contribution in [0.2, 0.25) is 0 Å². The summed E-state index contributed by atoms with van der Waals surface area (Å²) in [6, 6.07) is 6.14. The highest BCUT2D eigenvalue weighted by atomic mass is 32.2. The lowest BCUT2D eigenvalue weighted by Crippen LogP contribution is -2.52. The number of hydrogen-bond acceptors (Lipinski definition) is 4. The van der Waals surface area contributed by atoms with Gasteiger partial charge in [0.2, 0.25) is 10.0 Å². The van der Waals surface area contributed by atoms with Crippen LogP contribution in [0.3, 0.4) is 0 Å². The Kier molecular flexibility index (Phi) is 4.13. The minimum atomic E-state index is -3.49. The normalized spacial score (nSPS) is 25.2. The van der Waals surface area contributed by atoms with E-state index in [2.05, 4.69) is 0 Å². The van der Waals surface area contributed by atoms with E-state index in [0.29, 0.717) is 19.0 Å². The van der Waals surface area contributed by atoms with Gasteiger partial charge in [0.15, 0.2) is 0 Å². The number of hydrogen-bond donors (Lipinski definition) is 0. The molecule has 1 aliphatic heterocycles. The molecular weight excluding hydrogens is 266 g/mol. The molecule has 1 aromatic carbocycles. The number of nitrogens with zero attached hydrogens (tertiary/aromatic N) is 1. The highest BCUT2D eigenvalue weighted by molar-refractivity contribution is 7.89. The summed E-state index contributed by atoms with van der Waals surface area (Å²) < 4.78 is 37.2. The highest BCUT2D eigenvalue weighted by Gasteiger charge is 2.36. The minimum absolute atomic E-state index is 0.157. The van der Waals surface area contributed by atoms with E-state index in [-0.39, 0.29) is 17.0 Å². The predicted molar refractivity (Wildman–Crippen MR) is 71.8 cm³/mol. The van der Waals surface area contributed by atoms with Gasteiger partial charge in [0.1, 0.15) is 5.75 Å². The fraction of sp³-hybridized carbons (Fsp3) is 0.538. The van der Waals surface area contributed by atoms with Crippen LogP contribution in [0.1, 0.15) is 13.8 Å². The lowest BCUT2D eigenvalue weighted by Gasteiger charge is -2.37. The molecule has 0 amide bonds. The Balaban J connectivity index is 2.34. The van der Waals surface area contributed by atoms with Crippen LogP contribution >= 0.6 is 0 Å². The molecule has 1 saturated heterocycles. The topological polar surface area (TPSA) is 55.8 Å². The second-order valence-electron chi connectivity index (χ2n) is 4.75. The number of sulfonamides is 1. The molecule has 1 aliphatic rings. The van der Waals surface area contributed by atoms with Gasteiger partial charge >= 0.3 is 0 Å². The number of morpholine rings is 1. The largest absolute Gasteiger partial charge is 0.497 e. The SMILES string of the molecule is COc1ccc(S(=O)(=O)N2C(C)COCC2C)cc1. The van der Waals surface area contributed by atoms with Crippen LogP contribution in [0, 0.1) is 0 Å². The summed E-state index contributed by atoms with van der Waals surface area (Å²) in [7, 11) is -1.94. The van der Waals surface area contributed by atoms with Crippen molar-refractivity contribution < 1.29 is 17.9 Å². The van der Waals surface area contributed by atoms with E-state index in [1.54, 1.807) is 31.4 Å². The Labute approximate surface area is 114 Å². The zero-order chi connectivity index (χ0) is 14.0. The van der Waals surface area contributed by atoms with Gasteiger partial charge in [0.25, 0.3) is 0 Å². The van der Waals surface area contributed by atoms with Gasteiger partial charge in [-0.05, 0) is 38.1 Å². The van der Waals surface area contributed by atoms with Gasteiger partial charge in [-0.25, -0.2) is 8.42 Å². The van der Waals surface area contributed by atoms with Crippen LogP contribution in [0.5, 0.6) is 5.75 Å². The van der Waals surface area contributed by atoms with Crippen molar-refractivity contribution in [1.29, 1.82) is 0 Å². The van der Waals surface area contributed by atoms with Gasteiger partial charge in [-0.1, -0.05) is 0 Å². The smallest absolute Gasteiger partial charge is 0.243 e. The minimum Gasteiger partial charge on any atom is -0.497 e. The molecule has 19 heavy (non-hydrogen) atoms. The maximum atomic E-state index is 12.6. The standard InChI is InChI=1S/C13H19NO4S/c1-10-8-18-9-11(2)14(10)19(15,16)13-6-4-12(17-3)5-7-13/h4-7,10-11H,8-9H2,1-3H3. The molecule has 0 N–H and O–H groups in total. The van der Waals surface area contributed by atoms with Crippen molar-refractivity contribution in [1.82, 2.24) is 4.31 Å². The fourth-order valence-electron chi connectivity index (χ4n) is 2.33. The fourth-order valence-corrected chi connectivity index (χ4v) is 4.13. The Bertz CT molecular complexity index is 516. The molecule has 6 heteroatoms. The van der Waals surface area contributed by atoms with Gasteiger partial charge in [-0.15, -0.1) is 0 Å². The molecule has 2 rings (SSSR count). The first-order chi connectivity index (χ1) is 8.96. The van der Waals surface area contributed by atoms with Crippen LogP contribution in [0.4, 0.5) is 0 Å². The van der Waals surface area contributed by atoms with Crippen molar-refractivity contribution in [3.05, 3.63) is 24.3 Å². The zero-order valence-corrected chi connectivity index (χ0v) is 12.2. The van der Waals surface area contributed by atoms with E-state index in [4.69, 9.17) is 9.47 Å². The third kappa shape index (κ3) is 2.75. The Hall–Kier alpha value is -1.11. The summed E-state index contributed by atoms with van der Waals surface area (Å²) >= 11 is 0. The third-order valence-electron chi connectivity index (χ3n) is 3.22. The molecule has 106 valence electrons. The number of benzene rings is 1. The summed E-state index contributed by atoms with van der Waals surface area (Å²) in [5.74, 6) is 0.641. The van der Waals surface area contributed by atoms with E-state index in [1.807, 2.05) is 13.8 Å². The van der Waals surface area contributed by atoms with E-state index >= 15 is 0 Å². The van der Waals surface area contributed by atoms with Crippen LogP contribution in [0.15, 0.2) is 29.2 Å². The Morgan fingerprint density at radius 1 is 1.16 bits per heavy atom. The Morgan fingerprint density at radius 3 is 2.16 bits per heavy atom. The van der Waals surface area contributed by atoms with E-state index < -0.39 is 10.0 Å². The number of methoxy groups -OCH3 is 1. The number of rotatable bonds is 3. The van der Waals surface area contributed by atoms with Crippen molar-refractivity contribution in [2.45, 2.75) is 30.8 Å². The molecule has 2 atom stereocenters. The molecule has 0 aromatic heterocycles. The van der Waals surface area contributed by atoms with Gasteiger partial charge in [-0.2, -0.15) is 4.31 Å². The first-order valence-electron chi connectivity index (χ1n) is 6.22. The third-order valence-corrected chi connectivity index (χ3v) is 5.36. The average molecular weight is 285 g/mol. The molecule has 0 spiro atoms. The van der Waals surface area contributed by atoms with E-state index in [9.17, 15) is 8.42 Å². The molecule has 0 radical (unpaired) electrons. The average Bonchev–Trinajstić information content (AvgIpc) is 2.38. The first kappa shape index (κ1) is 14.3. The summed E-state index contributed by atoms with van der Waals surface area (Å²) in [6.07, 6.45) is 0. The van der Waals surface area contributed by atoms with Crippen LogP contribution < -0.4 is 4.74 Å². The lowest BCUT2D eigenvalue weighted by molar-refractivity contribution is 0.00636. The van der Waals surface area contributed by atoms with Crippen LogP contribution in [-0.4, -0.2) is 45.1 Å². The Morgan fingerprint density at radius 2 is 1.68 bits per heavy atom. The highest BCUT2D eigenvalue weighted by Crippen LogP contribution is 2.25. The van der Waals surface area contributed by atoms with Crippen molar-refractivity contribution in [2.24, 2.45) is 0 Å². The molecule has 0 aliphatic carbocycles. The van der Waals surface area contributed by atoms with Crippen molar-refractivity contribution >= 4 is 10.0 Å². The van der Waals surface area contributed by atoms with Gasteiger partial charge in [-0.3, -0.25) is 0 Å².